The molecule has 0 aliphatic carbocycles. The highest BCUT2D eigenvalue weighted by atomic mass is 16.5. The maximum atomic E-state index is 12.4. The number of carbonyl (C=O) groups is 3. The van der Waals surface area contributed by atoms with E-state index in [1.807, 2.05) is 0 Å². The third-order valence-electron chi connectivity index (χ3n) is 3.21. The zero-order chi connectivity index (χ0) is 17.7. The number of aryl methyl sites for hydroxylation is 1. The lowest BCUT2D eigenvalue weighted by Gasteiger charge is -2.09. The minimum Gasteiger partial charge on any atom is -0.465 e. The Balaban J connectivity index is 2.26. The number of carbonyl (C=O) groups excluding carboxylic acids is 3. The summed E-state index contributed by atoms with van der Waals surface area (Å²) in [6, 6.07) is 6.05. The van der Waals surface area contributed by atoms with Gasteiger partial charge in [-0.25, -0.2) is 9.59 Å². The Morgan fingerprint density at radius 2 is 1.92 bits per heavy atom. The van der Waals surface area contributed by atoms with Crippen LogP contribution in [0.2, 0.25) is 0 Å². The molecular weight excluding hydrogens is 314 g/mol. The highest BCUT2D eigenvalue weighted by molar-refractivity contribution is 6.08. The number of esters is 2. The number of nitrogens with one attached hydrogen (secondary N) is 1. The van der Waals surface area contributed by atoms with E-state index in [9.17, 15) is 14.4 Å². The van der Waals surface area contributed by atoms with E-state index in [4.69, 9.17) is 4.74 Å². The van der Waals surface area contributed by atoms with Crippen molar-refractivity contribution >= 4 is 23.7 Å². The Bertz CT molecular complexity index is 782. The van der Waals surface area contributed by atoms with Crippen LogP contribution in [0.25, 0.3) is 0 Å². The summed E-state index contributed by atoms with van der Waals surface area (Å²) in [6.45, 7) is 1.90. The zero-order valence-electron chi connectivity index (χ0n) is 13.5. The molecule has 1 aromatic carbocycles. The molecular formula is C16H17N3O5. The smallest absolute Gasteiger partial charge is 0.343 e. The highest BCUT2D eigenvalue weighted by Crippen LogP contribution is 2.17. The van der Waals surface area contributed by atoms with E-state index in [0.717, 1.165) is 0 Å². The minimum absolute atomic E-state index is 0.150. The van der Waals surface area contributed by atoms with E-state index < -0.39 is 17.8 Å². The summed E-state index contributed by atoms with van der Waals surface area (Å²) in [5.41, 5.74) is 0.645. The fourth-order valence-corrected chi connectivity index (χ4v) is 2.03. The number of rotatable bonds is 5. The Hall–Kier alpha value is -3.16. The lowest BCUT2D eigenvalue weighted by atomic mass is 10.1. The second-order valence-corrected chi connectivity index (χ2v) is 4.78. The zero-order valence-corrected chi connectivity index (χ0v) is 13.5. The van der Waals surface area contributed by atoms with E-state index >= 15 is 0 Å². The van der Waals surface area contributed by atoms with E-state index in [1.165, 1.54) is 30.1 Å². The summed E-state index contributed by atoms with van der Waals surface area (Å²) in [5, 5.41) is 6.56. The Kier molecular flexibility index (Phi) is 5.31. The van der Waals surface area contributed by atoms with Gasteiger partial charge in [0.1, 0.15) is 11.4 Å². The van der Waals surface area contributed by atoms with Gasteiger partial charge >= 0.3 is 11.9 Å². The Morgan fingerprint density at radius 3 is 2.58 bits per heavy atom. The van der Waals surface area contributed by atoms with Gasteiger partial charge in [-0.1, -0.05) is 6.07 Å². The SMILES string of the molecule is CCOC(=O)c1cnn(C)c1NC(=O)c1cccc(C(=O)OC)c1. The monoisotopic (exact) mass is 331 g/mol. The van der Waals surface area contributed by atoms with Gasteiger partial charge in [0.05, 0.1) is 25.5 Å². The molecule has 0 spiro atoms. The van der Waals surface area contributed by atoms with Crippen LogP contribution in [0.15, 0.2) is 30.5 Å². The van der Waals surface area contributed by atoms with Gasteiger partial charge in [-0.05, 0) is 25.1 Å². The van der Waals surface area contributed by atoms with E-state index in [-0.39, 0.29) is 29.1 Å². The van der Waals surface area contributed by atoms with Gasteiger partial charge in [0.15, 0.2) is 0 Å². The van der Waals surface area contributed by atoms with Crippen molar-refractivity contribution in [2.75, 3.05) is 19.0 Å². The van der Waals surface area contributed by atoms with Crippen LogP contribution >= 0.6 is 0 Å². The van der Waals surface area contributed by atoms with Gasteiger partial charge < -0.3 is 14.8 Å². The maximum absolute atomic E-state index is 12.4. The molecule has 126 valence electrons. The standard InChI is InChI=1S/C16H17N3O5/c1-4-24-16(22)12-9-17-19(2)13(12)18-14(20)10-6-5-7-11(8-10)15(21)23-3/h5-9H,4H2,1-3H3,(H,18,20). The third kappa shape index (κ3) is 3.60. The molecule has 0 bridgehead atoms. The molecule has 1 aromatic heterocycles. The second-order valence-electron chi connectivity index (χ2n) is 4.78. The Labute approximate surface area is 138 Å². The molecule has 1 heterocycles. The van der Waals surface area contributed by atoms with Crippen LogP contribution < -0.4 is 5.32 Å². The van der Waals surface area contributed by atoms with Gasteiger partial charge in [0.25, 0.3) is 5.91 Å². The molecule has 0 unspecified atom stereocenters. The van der Waals surface area contributed by atoms with Crippen molar-refractivity contribution < 1.29 is 23.9 Å². The van der Waals surface area contributed by atoms with E-state index in [1.54, 1.807) is 26.1 Å². The van der Waals surface area contributed by atoms with Gasteiger partial charge in [0.2, 0.25) is 0 Å². The van der Waals surface area contributed by atoms with E-state index in [2.05, 4.69) is 15.2 Å². The Morgan fingerprint density at radius 1 is 1.21 bits per heavy atom. The maximum Gasteiger partial charge on any atom is 0.343 e. The number of ether oxygens (including phenoxy) is 2. The summed E-state index contributed by atoms with van der Waals surface area (Å²) in [6.07, 6.45) is 1.32. The number of amides is 1. The highest BCUT2D eigenvalue weighted by Gasteiger charge is 2.20. The molecule has 1 N–H and O–H groups in total. The predicted octanol–water partition coefficient (Wildman–Crippen LogP) is 1.64. The van der Waals surface area contributed by atoms with Crippen LogP contribution in [0.1, 0.15) is 38.0 Å². The largest absolute Gasteiger partial charge is 0.465 e. The molecule has 8 nitrogen and oxygen atoms in total. The predicted molar refractivity (Wildman–Crippen MR) is 84.9 cm³/mol. The van der Waals surface area contributed by atoms with Crippen LogP contribution in [-0.4, -0.2) is 41.3 Å². The van der Waals surface area contributed by atoms with Crippen molar-refractivity contribution in [3.8, 4) is 0 Å². The van der Waals surface area contributed by atoms with Crippen molar-refractivity contribution in [2.45, 2.75) is 6.92 Å². The van der Waals surface area contributed by atoms with Crippen molar-refractivity contribution in [2.24, 2.45) is 7.05 Å². The molecule has 1 amide bonds. The number of hydrogen-bond acceptors (Lipinski definition) is 6. The molecule has 0 aliphatic heterocycles. The molecule has 0 aliphatic rings. The van der Waals surface area contributed by atoms with Gasteiger partial charge in [-0.2, -0.15) is 5.10 Å². The van der Waals surface area contributed by atoms with Crippen LogP contribution in [0, 0.1) is 0 Å². The first-order valence-corrected chi connectivity index (χ1v) is 7.16. The first kappa shape index (κ1) is 17.2. The van der Waals surface area contributed by atoms with Crippen molar-refractivity contribution in [1.82, 2.24) is 9.78 Å². The molecule has 0 atom stereocenters. The van der Waals surface area contributed by atoms with Crippen molar-refractivity contribution in [3.63, 3.8) is 0 Å². The van der Waals surface area contributed by atoms with E-state index in [0.29, 0.717) is 0 Å². The summed E-state index contributed by atoms with van der Waals surface area (Å²) >= 11 is 0. The van der Waals surface area contributed by atoms with Crippen LogP contribution in [0.4, 0.5) is 5.82 Å². The third-order valence-corrected chi connectivity index (χ3v) is 3.21. The fraction of sp³-hybridized carbons (Fsp3) is 0.250. The first-order chi connectivity index (χ1) is 11.5. The second kappa shape index (κ2) is 7.40. The lowest BCUT2D eigenvalue weighted by Crippen LogP contribution is -2.18. The van der Waals surface area contributed by atoms with Crippen molar-refractivity contribution in [1.29, 1.82) is 0 Å². The summed E-state index contributed by atoms with van der Waals surface area (Å²) in [7, 11) is 2.85. The number of aromatic nitrogens is 2. The number of benzene rings is 1. The molecule has 8 heteroatoms. The van der Waals surface area contributed by atoms with Crippen molar-refractivity contribution in [3.05, 3.63) is 47.2 Å². The number of hydrogen-bond donors (Lipinski definition) is 1. The van der Waals surface area contributed by atoms with Gasteiger partial charge in [-0.15, -0.1) is 0 Å². The summed E-state index contributed by atoms with van der Waals surface area (Å²) in [4.78, 5) is 35.8. The molecule has 24 heavy (non-hydrogen) atoms. The number of methoxy groups -OCH3 is 1. The molecule has 2 aromatic rings. The van der Waals surface area contributed by atoms with Crippen LogP contribution in [0.3, 0.4) is 0 Å². The minimum atomic E-state index is -0.579. The quantitative estimate of drug-likeness (QED) is 0.836. The number of anilines is 1. The normalized spacial score (nSPS) is 10.1. The molecule has 0 fully saturated rings. The molecule has 0 saturated carbocycles. The van der Waals surface area contributed by atoms with Crippen LogP contribution in [-0.2, 0) is 16.5 Å². The molecule has 2 rings (SSSR count). The fourth-order valence-electron chi connectivity index (χ4n) is 2.03. The average Bonchev–Trinajstić information content (AvgIpc) is 2.95. The summed E-state index contributed by atoms with van der Waals surface area (Å²) < 4.78 is 10.9. The average molecular weight is 331 g/mol. The lowest BCUT2D eigenvalue weighted by molar-refractivity contribution is 0.0526. The topological polar surface area (TPSA) is 99.5 Å². The summed E-state index contributed by atoms with van der Waals surface area (Å²) in [5.74, 6) is -1.40. The van der Waals surface area contributed by atoms with Gasteiger partial charge in [-0.3, -0.25) is 9.48 Å². The molecule has 0 radical (unpaired) electrons. The molecule has 0 saturated heterocycles. The first-order valence-electron chi connectivity index (χ1n) is 7.16. The van der Waals surface area contributed by atoms with Crippen LogP contribution in [0.5, 0.6) is 0 Å². The number of nitrogens with zero attached hydrogens (tertiary/aromatic N) is 2. The van der Waals surface area contributed by atoms with Gasteiger partial charge in [0, 0.05) is 12.6 Å².